The van der Waals surface area contributed by atoms with E-state index in [2.05, 4.69) is 10.6 Å². The van der Waals surface area contributed by atoms with Crippen molar-refractivity contribution in [2.75, 3.05) is 13.1 Å². The van der Waals surface area contributed by atoms with Gasteiger partial charge in [0, 0.05) is 6.54 Å². The Morgan fingerprint density at radius 1 is 1.07 bits per heavy atom. The third-order valence-corrected chi connectivity index (χ3v) is 5.38. The van der Waals surface area contributed by atoms with Crippen LogP contribution in [0, 0.1) is 0 Å². The van der Waals surface area contributed by atoms with Crippen LogP contribution in [0.3, 0.4) is 0 Å². The van der Waals surface area contributed by atoms with Crippen molar-refractivity contribution >= 4 is 17.8 Å². The van der Waals surface area contributed by atoms with Crippen LogP contribution in [0.2, 0.25) is 0 Å². The number of aryl methyl sites for hydroxylation is 1. The first-order chi connectivity index (χ1) is 13.9. The summed E-state index contributed by atoms with van der Waals surface area (Å²) < 4.78 is 0. The summed E-state index contributed by atoms with van der Waals surface area (Å²) in [5, 5.41) is 5.58. The van der Waals surface area contributed by atoms with Gasteiger partial charge in [-0.1, -0.05) is 67.6 Å². The summed E-state index contributed by atoms with van der Waals surface area (Å²) in [4.78, 5) is 38.5. The van der Waals surface area contributed by atoms with Crippen LogP contribution in [0.25, 0.3) is 0 Å². The number of amides is 4. The molecule has 0 unspecified atom stereocenters. The maximum atomic E-state index is 12.8. The standard InChI is InChI=1S/C23H27N3O3/c1-17(19-11-7-4-8-12-19)15-24-20(27)16-26-21(28)23(2,25-22(26)29)14-13-18-9-5-3-6-10-18/h3-12,17H,13-16H2,1-2H3,(H,24,27)(H,25,29)/t17-,23+/m1/s1. The van der Waals surface area contributed by atoms with Gasteiger partial charge >= 0.3 is 6.03 Å². The number of benzene rings is 2. The van der Waals surface area contributed by atoms with E-state index in [0.29, 0.717) is 19.4 Å². The van der Waals surface area contributed by atoms with Gasteiger partial charge in [0.25, 0.3) is 5.91 Å². The summed E-state index contributed by atoms with van der Waals surface area (Å²) in [7, 11) is 0. The minimum Gasteiger partial charge on any atom is -0.354 e. The molecule has 3 rings (SSSR count). The molecule has 152 valence electrons. The minimum absolute atomic E-state index is 0.138. The number of rotatable bonds is 8. The molecular weight excluding hydrogens is 366 g/mol. The third kappa shape index (κ3) is 5.02. The molecule has 0 bridgehead atoms. The average Bonchev–Trinajstić information content (AvgIpc) is 2.95. The van der Waals surface area contributed by atoms with Crippen LogP contribution >= 0.6 is 0 Å². The number of carbonyl (C=O) groups excluding carboxylic acids is 3. The summed E-state index contributed by atoms with van der Waals surface area (Å²) in [5.41, 5.74) is 1.23. The Balaban J connectivity index is 1.53. The van der Waals surface area contributed by atoms with Crippen molar-refractivity contribution in [3.63, 3.8) is 0 Å². The minimum atomic E-state index is -0.996. The number of nitrogens with zero attached hydrogens (tertiary/aromatic N) is 1. The van der Waals surface area contributed by atoms with Gasteiger partial charge in [-0.25, -0.2) is 4.79 Å². The van der Waals surface area contributed by atoms with Crippen molar-refractivity contribution in [2.45, 2.75) is 38.1 Å². The molecule has 2 aromatic rings. The van der Waals surface area contributed by atoms with Gasteiger partial charge in [-0.05, 0) is 36.8 Å². The van der Waals surface area contributed by atoms with Gasteiger partial charge in [-0.15, -0.1) is 0 Å². The second-order valence-electron chi connectivity index (χ2n) is 7.75. The molecule has 0 spiro atoms. The van der Waals surface area contributed by atoms with E-state index in [4.69, 9.17) is 0 Å². The van der Waals surface area contributed by atoms with Crippen molar-refractivity contribution in [1.29, 1.82) is 0 Å². The Hall–Kier alpha value is -3.15. The fourth-order valence-corrected chi connectivity index (χ4v) is 3.46. The van der Waals surface area contributed by atoms with Gasteiger partial charge in [-0.3, -0.25) is 14.5 Å². The van der Waals surface area contributed by atoms with Crippen LogP contribution in [0.1, 0.15) is 37.3 Å². The highest BCUT2D eigenvalue weighted by atomic mass is 16.2. The summed E-state index contributed by atoms with van der Waals surface area (Å²) in [6.07, 6.45) is 1.14. The number of nitrogens with one attached hydrogen (secondary N) is 2. The van der Waals surface area contributed by atoms with Crippen molar-refractivity contribution in [3.8, 4) is 0 Å². The molecule has 1 aliphatic rings. The fourth-order valence-electron chi connectivity index (χ4n) is 3.46. The van der Waals surface area contributed by atoms with Crippen LogP contribution in [0.4, 0.5) is 4.79 Å². The zero-order valence-corrected chi connectivity index (χ0v) is 16.9. The highest BCUT2D eigenvalue weighted by Crippen LogP contribution is 2.23. The highest BCUT2D eigenvalue weighted by Gasteiger charge is 2.47. The number of imide groups is 1. The lowest BCUT2D eigenvalue weighted by Crippen LogP contribution is -2.45. The molecule has 1 fully saturated rings. The molecule has 6 nitrogen and oxygen atoms in total. The maximum absolute atomic E-state index is 12.8. The van der Waals surface area contributed by atoms with Crippen molar-refractivity contribution < 1.29 is 14.4 Å². The van der Waals surface area contributed by atoms with E-state index >= 15 is 0 Å². The van der Waals surface area contributed by atoms with Crippen molar-refractivity contribution in [3.05, 3.63) is 71.8 Å². The van der Waals surface area contributed by atoms with E-state index in [1.807, 2.05) is 67.6 Å². The molecule has 4 amide bonds. The number of hydrogen-bond acceptors (Lipinski definition) is 3. The molecule has 2 N–H and O–H groups in total. The van der Waals surface area contributed by atoms with Gasteiger partial charge in [0.1, 0.15) is 12.1 Å². The molecule has 6 heteroatoms. The zero-order chi connectivity index (χ0) is 20.9. The number of carbonyl (C=O) groups is 3. The molecule has 1 saturated heterocycles. The van der Waals surface area contributed by atoms with Gasteiger partial charge in [0.05, 0.1) is 0 Å². The summed E-state index contributed by atoms with van der Waals surface area (Å²) >= 11 is 0. The molecule has 0 aliphatic carbocycles. The number of hydrogen-bond donors (Lipinski definition) is 2. The summed E-state index contributed by atoms with van der Waals surface area (Å²) in [5.74, 6) is -0.562. The second-order valence-corrected chi connectivity index (χ2v) is 7.75. The van der Waals surface area contributed by atoms with Crippen LogP contribution in [-0.2, 0) is 16.0 Å². The molecule has 0 radical (unpaired) electrons. The summed E-state index contributed by atoms with van der Waals surface area (Å²) in [6.45, 7) is 3.90. The van der Waals surface area contributed by atoms with Crippen molar-refractivity contribution in [2.24, 2.45) is 0 Å². The van der Waals surface area contributed by atoms with Crippen LogP contribution < -0.4 is 10.6 Å². The van der Waals surface area contributed by atoms with E-state index in [1.165, 1.54) is 0 Å². The first-order valence-electron chi connectivity index (χ1n) is 9.89. The SMILES string of the molecule is C[C@H](CNC(=O)CN1C(=O)N[C@@](C)(CCc2ccccc2)C1=O)c1ccccc1. The van der Waals surface area contributed by atoms with Crippen molar-refractivity contribution in [1.82, 2.24) is 15.5 Å². The Morgan fingerprint density at radius 2 is 1.69 bits per heavy atom. The molecule has 0 saturated carbocycles. The number of urea groups is 1. The van der Waals surface area contributed by atoms with Gasteiger partial charge in [0.15, 0.2) is 0 Å². The van der Waals surface area contributed by atoms with E-state index in [1.54, 1.807) is 6.92 Å². The lowest BCUT2D eigenvalue weighted by Gasteiger charge is -2.21. The van der Waals surface area contributed by atoms with Gasteiger partial charge in [-0.2, -0.15) is 0 Å². The monoisotopic (exact) mass is 393 g/mol. The molecule has 2 atom stereocenters. The lowest BCUT2D eigenvalue weighted by molar-refractivity contribution is -0.134. The Labute approximate surface area is 171 Å². The van der Waals surface area contributed by atoms with Gasteiger partial charge in [0.2, 0.25) is 5.91 Å². The smallest absolute Gasteiger partial charge is 0.325 e. The molecule has 2 aromatic carbocycles. The average molecular weight is 393 g/mol. The largest absolute Gasteiger partial charge is 0.354 e. The quantitative estimate of drug-likeness (QED) is 0.677. The van der Waals surface area contributed by atoms with Crippen LogP contribution in [-0.4, -0.2) is 41.4 Å². The molecule has 1 aliphatic heterocycles. The predicted molar refractivity (Wildman–Crippen MR) is 111 cm³/mol. The Bertz CT molecular complexity index is 869. The zero-order valence-electron chi connectivity index (χ0n) is 16.9. The third-order valence-electron chi connectivity index (χ3n) is 5.38. The second kappa shape index (κ2) is 8.90. The van der Waals surface area contributed by atoms with Crippen LogP contribution in [0.5, 0.6) is 0 Å². The first kappa shape index (κ1) is 20.6. The first-order valence-corrected chi connectivity index (χ1v) is 9.89. The maximum Gasteiger partial charge on any atom is 0.325 e. The fraction of sp³-hybridized carbons (Fsp3) is 0.348. The van der Waals surface area contributed by atoms with E-state index in [0.717, 1.165) is 16.0 Å². The molecule has 0 aromatic heterocycles. The van der Waals surface area contributed by atoms with Crippen LogP contribution in [0.15, 0.2) is 60.7 Å². The van der Waals surface area contributed by atoms with E-state index in [9.17, 15) is 14.4 Å². The normalized spacial score (nSPS) is 19.7. The lowest BCUT2D eigenvalue weighted by atomic mass is 9.93. The Kier molecular flexibility index (Phi) is 6.32. The van der Waals surface area contributed by atoms with Gasteiger partial charge < -0.3 is 10.6 Å². The molecule has 1 heterocycles. The topological polar surface area (TPSA) is 78.5 Å². The molecular formula is C23H27N3O3. The highest BCUT2D eigenvalue weighted by molar-refractivity contribution is 6.08. The molecule has 29 heavy (non-hydrogen) atoms. The van der Waals surface area contributed by atoms with E-state index < -0.39 is 11.6 Å². The predicted octanol–water partition coefficient (Wildman–Crippen LogP) is 2.85. The van der Waals surface area contributed by atoms with E-state index in [-0.39, 0.29) is 24.3 Å². The Morgan fingerprint density at radius 3 is 2.34 bits per heavy atom. The summed E-state index contributed by atoms with van der Waals surface area (Å²) in [6, 6.07) is 19.2.